The second-order valence-corrected chi connectivity index (χ2v) is 12.2. The molecule has 0 heterocycles. The van der Waals surface area contributed by atoms with Crippen molar-refractivity contribution >= 4 is 39.1 Å². The summed E-state index contributed by atoms with van der Waals surface area (Å²) < 4.78 is 42.5. The van der Waals surface area contributed by atoms with Crippen LogP contribution in [0.3, 0.4) is 0 Å². The number of carbonyl (C=O) groups excluding carboxylic acids is 2. The molecule has 0 bridgehead atoms. The molecular formula is C30H35ClFN3O4S. The van der Waals surface area contributed by atoms with E-state index in [0.717, 1.165) is 9.87 Å². The molecule has 0 aliphatic carbocycles. The molecule has 0 saturated carbocycles. The SMILES string of the molecule is CCC(C)NC(=O)C(C)N(Cc1ccc(F)cc1)C(=O)CN(c1ccc(Cl)cc1C)S(=O)(=O)c1ccc(C)cc1. The van der Waals surface area contributed by atoms with Gasteiger partial charge in [-0.2, -0.15) is 0 Å². The van der Waals surface area contributed by atoms with E-state index in [1.807, 2.05) is 20.8 Å². The molecular weight excluding hydrogens is 553 g/mol. The molecule has 0 aliphatic rings. The largest absolute Gasteiger partial charge is 0.352 e. The van der Waals surface area contributed by atoms with E-state index >= 15 is 0 Å². The fourth-order valence-corrected chi connectivity index (χ4v) is 5.79. The Hall–Kier alpha value is -3.43. The lowest BCUT2D eigenvalue weighted by Gasteiger charge is -2.33. The minimum absolute atomic E-state index is 0.0212. The summed E-state index contributed by atoms with van der Waals surface area (Å²) >= 11 is 6.14. The number of hydrogen-bond donors (Lipinski definition) is 1. The number of anilines is 1. The first kappa shape index (κ1) is 31.1. The van der Waals surface area contributed by atoms with Crippen molar-refractivity contribution < 1.29 is 22.4 Å². The number of carbonyl (C=O) groups is 2. The maximum atomic E-state index is 13.9. The van der Waals surface area contributed by atoms with Gasteiger partial charge in [-0.25, -0.2) is 12.8 Å². The Morgan fingerprint density at radius 1 is 0.975 bits per heavy atom. The van der Waals surface area contributed by atoms with Crippen LogP contribution in [-0.4, -0.2) is 43.8 Å². The maximum Gasteiger partial charge on any atom is 0.264 e. The van der Waals surface area contributed by atoms with Crippen LogP contribution in [0.15, 0.2) is 71.6 Å². The molecule has 2 amide bonds. The van der Waals surface area contributed by atoms with Crippen molar-refractivity contribution in [3.05, 3.63) is 94.3 Å². The van der Waals surface area contributed by atoms with Crippen LogP contribution >= 0.6 is 11.6 Å². The predicted molar refractivity (Wildman–Crippen MR) is 156 cm³/mol. The van der Waals surface area contributed by atoms with E-state index < -0.39 is 34.3 Å². The van der Waals surface area contributed by atoms with Gasteiger partial charge in [-0.15, -0.1) is 0 Å². The van der Waals surface area contributed by atoms with Crippen LogP contribution in [0.4, 0.5) is 10.1 Å². The maximum absolute atomic E-state index is 13.9. The number of nitrogens with one attached hydrogen (secondary N) is 1. The molecule has 3 rings (SSSR count). The zero-order valence-corrected chi connectivity index (χ0v) is 24.9. The molecule has 214 valence electrons. The molecule has 7 nitrogen and oxygen atoms in total. The van der Waals surface area contributed by atoms with Crippen LogP contribution in [-0.2, 0) is 26.2 Å². The van der Waals surface area contributed by atoms with Crippen LogP contribution in [0, 0.1) is 19.7 Å². The fourth-order valence-electron chi connectivity index (χ4n) is 4.08. The molecule has 0 aromatic heterocycles. The Morgan fingerprint density at radius 3 is 2.17 bits per heavy atom. The van der Waals surface area contributed by atoms with E-state index in [-0.39, 0.29) is 29.1 Å². The van der Waals surface area contributed by atoms with E-state index in [1.165, 1.54) is 41.3 Å². The molecule has 2 atom stereocenters. The first-order valence-corrected chi connectivity index (χ1v) is 14.8. The zero-order valence-electron chi connectivity index (χ0n) is 23.3. The van der Waals surface area contributed by atoms with Gasteiger partial charge in [0.25, 0.3) is 10.0 Å². The van der Waals surface area contributed by atoms with Crippen molar-refractivity contribution in [3.63, 3.8) is 0 Å². The average molecular weight is 588 g/mol. The van der Waals surface area contributed by atoms with E-state index in [2.05, 4.69) is 5.32 Å². The molecule has 10 heteroatoms. The van der Waals surface area contributed by atoms with Gasteiger partial charge >= 0.3 is 0 Å². The molecule has 0 fully saturated rings. The quantitative estimate of drug-likeness (QED) is 0.315. The van der Waals surface area contributed by atoms with Crippen molar-refractivity contribution in [3.8, 4) is 0 Å². The summed E-state index contributed by atoms with van der Waals surface area (Å²) in [5.74, 6) is -1.40. The highest BCUT2D eigenvalue weighted by atomic mass is 35.5. The lowest BCUT2D eigenvalue weighted by atomic mass is 10.1. The van der Waals surface area contributed by atoms with Crippen molar-refractivity contribution in [1.29, 1.82) is 0 Å². The van der Waals surface area contributed by atoms with Crippen LogP contribution in [0.1, 0.15) is 43.9 Å². The van der Waals surface area contributed by atoms with E-state index in [0.29, 0.717) is 22.6 Å². The highest BCUT2D eigenvalue weighted by Gasteiger charge is 2.33. The van der Waals surface area contributed by atoms with E-state index in [1.54, 1.807) is 44.2 Å². The van der Waals surface area contributed by atoms with Gasteiger partial charge in [0.1, 0.15) is 18.4 Å². The first-order valence-electron chi connectivity index (χ1n) is 13.0. The average Bonchev–Trinajstić information content (AvgIpc) is 2.91. The van der Waals surface area contributed by atoms with Crippen molar-refractivity contribution in [2.24, 2.45) is 0 Å². The van der Waals surface area contributed by atoms with Gasteiger partial charge in [0.2, 0.25) is 11.8 Å². The van der Waals surface area contributed by atoms with Gasteiger partial charge in [-0.1, -0.05) is 48.4 Å². The summed E-state index contributed by atoms with van der Waals surface area (Å²) in [4.78, 5) is 28.4. The monoisotopic (exact) mass is 587 g/mol. The number of benzene rings is 3. The molecule has 0 spiro atoms. The fraction of sp³-hybridized carbons (Fsp3) is 0.333. The summed E-state index contributed by atoms with van der Waals surface area (Å²) in [6, 6.07) is 15.6. The molecule has 3 aromatic carbocycles. The van der Waals surface area contributed by atoms with Crippen LogP contribution in [0.2, 0.25) is 5.02 Å². The van der Waals surface area contributed by atoms with Crippen LogP contribution in [0.5, 0.6) is 0 Å². The van der Waals surface area contributed by atoms with Crippen LogP contribution < -0.4 is 9.62 Å². The van der Waals surface area contributed by atoms with Gasteiger partial charge in [-0.3, -0.25) is 13.9 Å². The number of halogens is 2. The Balaban J connectivity index is 2.05. The normalized spacial score (nSPS) is 12.9. The summed E-state index contributed by atoms with van der Waals surface area (Å²) in [5.41, 5.74) is 2.32. The highest BCUT2D eigenvalue weighted by Crippen LogP contribution is 2.29. The molecule has 2 unspecified atom stereocenters. The second-order valence-electron chi connectivity index (χ2n) is 9.90. The lowest BCUT2D eigenvalue weighted by Crippen LogP contribution is -2.52. The molecule has 0 saturated heterocycles. The van der Waals surface area contributed by atoms with Crippen molar-refractivity contribution in [2.45, 2.75) is 64.6 Å². The zero-order chi connectivity index (χ0) is 29.6. The number of hydrogen-bond acceptors (Lipinski definition) is 4. The number of nitrogens with zero attached hydrogens (tertiary/aromatic N) is 2. The third kappa shape index (κ3) is 7.61. The Kier molecular flexibility index (Phi) is 10.3. The second kappa shape index (κ2) is 13.3. The minimum Gasteiger partial charge on any atom is -0.352 e. The lowest BCUT2D eigenvalue weighted by molar-refractivity contribution is -0.139. The Bertz CT molecular complexity index is 1450. The molecule has 0 aliphatic heterocycles. The first-order chi connectivity index (χ1) is 18.8. The summed E-state index contributed by atoms with van der Waals surface area (Å²) in [7, 11) is -4.19. The van der Waals surface area contributed by atoms with E-state index in [4.69, 9.17) is 11.6 Å². The van der Waals surface area contributed by atoms with Gasteiger partial charge in [0.15, 0.2) is 0 Å². The minimum atomic E-state index is -4.19. The number of amides is 2. The topological polar surface area (TPSA) is 86.8 Å². The van der Waals surface area contributed by atoms with Crippen molar-refractivity contribution in [2.75, 3.05) is 10.8 Å². The smallest absolute Gasteiger partial charge is 0.264 e. The molecule has 3 aromatic rings. The summed E-state index contributed by atoms with van der Waals surface area (Å²) in [6.45, 7) is 8.34. The standard InChI is InChI=1S/C30H35ClFN3O4S/c1-6-22(4)33-30(37)23(5)34(18-24-9-12-26(32)13-10-24)29(36)19-35(28-16-11-25(31)17-21(28)3)40(38,39)27-14-7-20(2)8-15-27/h7-17,22-23H,6,18-19H2,1-5H3,(H,33,37). The van der Waals surface area contributed by atoms with Gasteiger partial charge in [0.05, 0.1) is 10.6 Å². The summed E-state index contributed by atoms with van der Waals surface area (Å²) in [6.07, 6.45) is 0.697. The molecule has 1 N–H and O–H groups in total. The van der Waals surface area contributed by atoms with Gasteiger partial charge in [0, 0.05) is 17.6 Å². The van der Waals surface area contributed by atoms with Crippen molar-refractivity contribution in [1.82, 2.24) is 10.2 Å². The molecule has 40 heavy (non-hydrogen) atoms. The third-order valence-corrected chi connectivity index (χ3v) is 8.76. The number of rotatable bonds is 11. The highest BCUT2D eigenvalue weighted by molar-refractivity contribution is 7.92. The predicted octanol–water partition coefficient (Wildman–Crippen LogP) is 5.62. The van der Waals surface area contributed by atoms with Gasteiger partial charge in [-0.05, 0) is 87.7 Å². The third-order valence-electron chi connectivity index (χ3n) is 6.75. The number of aryl methyl sites for hydroxylation is 2. The van der Waals surface area contributed by atoms with E-state index in [9.17, 15) is 22.4 Å². The van der Waals surface area contributed by atoms with Gasteiger partial charge < -0.3 is 10.2 Å². The number of sulfonamides is 1. The Morgan fingerprint density at radius 2 is 1.60 bits per heavy atom. The molecule has 0 radical (unpaired) electrons. The Labute approximate surface area is 241 Å². The van der Waals surface area contributed by atoms with Crippen LogP contribution in [0.25, 0.3) is 0 Å². The summed E-state index contributed by atoms with van der Waals surface area (Å²) in [5, 5.41) is 3.31.